The van der Waals surface area contributed by atoms with Crippen molar-refractivity contribution in [3.63, 3.8) is 0 Å². The molecule has 1 aromatic rings. The maximum Gasteiger partial charge on any atom is 0.303 e. The summed E-state index contributed by atoms with van der Waals surface area (Å²) in [4.78, 5) is 22.7. The highest BCUT2D eigenvalue weighted by atomic mass is 16.7. The van der Waals surface area contributed by atoms with E-state index < -0.39 is 42.6 Å². The van der Waals surface area contributed by atoms with Gasteiger partial charge in [0.2, 0.25) is 0 Å². The Kier molecular flexibility index (Phi) is 6.30. The van der Waals surface area contributed by atoms with Crippen molar-refractivity contribution in [2.75, 3.05) is 0 Å². The van der Waals surface area contributed by atoms with Crippen LogP contribution >= 0.6 is 0 Å². The topological polar surface area (TPSA) is 91.3 Å². The number of esters is 2. The zero-order valence-electron chi connectivity index (χ0n) is 13.9. The molecule has 1 N–H and O–H groups in total. The minimum absolute atomic E-state index is 0.221. The van der Waals surface area contributed by atoms with E-state index in [0.717, 1.165) is 5.56 Å². The van der Waals surface area contributed by atoms with Gasteiger partial charge in [0.25, 0.3) is 0 Å². The van der Waals surface area contributed by atoms with Crippen molar-refractivity contribution in [3.05, 3.63) is 35.9 Å². The van der Waals surface area contributed by atoms with Crippen LogP contribution in [0.3, 0.4) is 0 Å². The van der Waals surface area contributed by atoms with Crippen LogP contribution in [-0.2, 0) is 35.1 Å². The Morgan fingerprint density at radius 3 is 2.25 bits per heavy atom. The number of aliphatic hydroxyl groups is 1. The highest BCUT2D eigenvalue weighted by Crippen LogP contribution is 2.27. The quantitative estimate of drug-likeness (QED) is 0.806. The summed E-state index contributed by atoms with van der Waals surface area (Å²) in [5.74, 6) is -1.18. The van der Waals surface area contributed by atoms with E-state index in [1.807, 2.05) is 30.3 Å². The summed E-state index contributed by atoms with van der Waals surface area (Å²) in [6, 6.07) is 9.39. The Bertz CT molecular complexity index is 559. The van der Waals surface area contributed by atoms with Crippen LogP contribution in [0.15, 0.2) is 30.3 Å². The van der Waals surface area contributed by atoms with Crippen molar-refractivity contribution in [1.29, 1.82) is 0 Å². The monoisotopic (exact) mass is 338 g/mol. The fourth-order valence-electron chi connectivity index (χ4n) is 2.52. The molecule has 2 rings (SSSR count). The fraction of sp³-hybridized carbons (Fsp3) is 0.529. The molecule has 0 spiro atoms. The van der Waals surface area contributed by atoms with Gasteiger partial charge in [0.05, 0.1) is 12.7 Å². The van der Waals surface area contributed by atoms with Gasteiger partial charge in [0.15, 0.2) is 18.5 Å². The van der Waals surface area contributed by atoms with Crippen molar-refractivity contribution in [2.45, 2.75) is 58.1 Å². The van der Waals surface area contributed by atoms with Crippen LogP contribution in [0.1, 0.15) is 26.3 Å². The first-order chi connectivity index (χ1) is 11.4. The van der Waals surface area contributed by atoms with E-state index in [-0.39, 0.29) is 6.61 Å². The number of carbonyl (C=O) groups excluding carboxylic acids is 2. The lowest BCUT2D eigenvalue weighted by Gasteiger charge is -2.42. The van der Waals surface area contributed by atoms with Gasteiger partial charge in [-0.05, 0) is 12.5 Å². The van der Waals surface area contributed by atoms with Crippen LogP contribution in [-0.4, -0.2) is 47.8 Å². The van der Waals surface area contributed by atoms with Gasteiger partial charge in [-0.15, -0.1) is 0 Å². The molecule has 0 radical (unpaired) electrons. The Balaban J connectivity index is 2.15. The standard InChI is InChI=1S/C17H22O7/c1-10-14(20)15(23-11(2)18)16(24-12(3)19)17(22-10)21-9-13-7-5-4-6-8-13/h4-8,10,14-17,20H,9H2,1-3H3. The van der Waals surface area contributed by atoms with E-state index >= 15 is 0 Å². The van der Waals surface area contributed by atoms with Gasteiger partial charge >= 0.3 is 11.9 Å². The zero-order valence-corrected chi connectivity index (χ0v) is 13.9. The molecule has 0 aromatic heterocycles. The molecular formula is C17H22O7. The fourth-order valence-corrected chi connectivity index (χ4v) is 2.52. The number of ether oxygens (including phenoxy) is 4. The number of hydrogen-bond donors (Lipinski definition) is 1. The molecule has 24 heavy (non-hydrogen) atoms. The van der Waals surface area contributed by atoms with Crippen LogP contribution in [0.25, 0.3) is 0 Å². The molecule has 1 aliphatic heterocycles. The van der Waals surface area contributed by atoms with Gasteiger partial charge in [0, 0.05) is 13.8 Å². The molecule has 1 fully saturated rings. The van der Waals surface area contributed by atoms with E-state index in [1.54, 1.807) is 6.92 Å². The lowest BCUT2D eigenvalue weighted by Crippen LogP contribution is -2.60. The minimum atomic E-state index is -1.13. The first kappa shape index (κ1) is 18.4. The van der Waals surface area contributed by atoms with Gasteiger partial charge in [-0.3, -0.25) is 9.59 Å². The molecule has 1 heterocycles. The van der Waals surface area contributed by atoms with Gasteiger partial charge in [-0.25, -0.2) is 0 Å². The predicted octanol–water partition coefficient (Wildman–Crippen LogP) is 1.17. The molecule has 0 bridgehead atoms. The summed E-state index contributed by atoms with van der Waals surface area (Å²) in [7, 11) is 0. The summed E-state index contributed by atoms with van der Waals surface area (Å²) in [5, 5.41) is 10.2. The van der Waals surface area contributed by atoms with Crippen molar-refractivity contribution in [3.8, 4) is 0 Å². The van der Waals surface area contributed by atoms with Crippen molar-refractivity contribution < 1.29 is 33.6 Å². The zero-order chi connectivity index (χ0) is 17.7. The average Bonchev–Trinajstić information content (AvgIpc) is 2.53. The molecule has 0 saturated carbocycles. The number of carbonyl (C=O) groups is 2. The van der Waals surface area contributed by atoms with Gasteiger partial charge in [-0.1, -0.05) is 30.3 Å². The molecule has 1 aliphatic rings. The number of benzene rings is 1. The first-order valence-electron chi connectivity index (χ1n) is 7.72. The molecule has 0 amide bonds. The second kappa shape index (κ2) is 8.23. The maximum absolute atomic E-state index is 11.4. The molecule has 5 unspecified atom stereocenters. The lowest BCUT2D eigenvalue weighted by atomic mass is 9.99. The third kappa shape index (κ3) is 4.77. The minimum Gasteiger partial charge on any atom is -0.455 e. The second-order valence-electron chi connectivity index (χ2n) is 5.64. The Hall–Kier alpha value is -1.96. The van der Waals surface area contributed by atoms with E-state index in [4.69, 9.17) is 18.9 Å². The molecular weight excluding hydrogens is 316 g/mol. The molecule has 7 heteroatoms. The summed E-state index contributed by atoms with van der Waals surface area (Å²) in [6.07, 6.45) is -4.86. The predicted molar refractivity (Wildman–Crippen MR) is 82.7 cm³/mol. The van der Waals surface area contributed by atoms with Crippen LogP contribution in [0, 0.1) is 0 Å². The van der Waals surface area contributed by atoms with Crippen LogP contribution in [0.4, 0.5) is 0 Å². The maximum atomic E-state index is 11.4. The first-order valence-corrected chi connectivity index (χ1v) is 7.72. The Morgan fingerprint density at radius 2 is 1.67 bits per heavy atom. The van der Waals surface area contributed by atoms with E-state index in [9.17, 15) is 14.7 Å². The van der Waals surface area contributed by atoms with Crippen LogP contribution in [0.2, 0.25) is 0 Å². The molecule has 7 nitrogen and oxygen atoms in total. The van der Waals surface area contributed by atoms with E-state index in [2.05, 4.69) is 0 Å². The van der Waals surface area contributed by atoms with Gasteiger partial charge < -0.3 is 24.1 Å². The molecule has 0 aliphatic carbocycles. The second-order valence-corrected chi connectivity index (χ2v) is 5.64. The molecule has 1 saturated heterocycles. The Labute approximate surface area is 140 Å². The molecule has 1 aromatic carbocycles. The lowest BCUT2D eigenvalue weighted by molar-refractivity contribution is -0.301. The third-order valence-electron chi connectivity index (χ3n) is 3.62. The highest BCUT2D eigenvalue weighted by molar-refractivity contribution is 5.67. The molecule has 132 valence electrons. The number of aliphatic hydroxyl groups excluding tert-OH is 1. The smallest absolute Gasteiger partial charge is 0.303 e. The summed E-state index contributed by atoms with van der Waals surface area (Å²) in [6.45, 7) is 4.30. The number of rotatable bonds is 5. The van der Waals surface area contributed by atoms with Crippen molar-refractivity contribution >= 4 is 11.9 Å². The van der Waals surface area contributed by atoms with Crippen LogP contribution < -0.4 is 0 Å². The number of hydrogen-bond acceptors (Lipinski definition) is 7. The highest BCUT2D eigenvalue weighted by Gasteiger charge is 2.48. The van der Waals surface area contributed by atoms with E-state index in [1.165, 1.54) is 13.8 Å². The van der Waals surface area contributed by atoms with E-state index in [0.29, 0.717) is 0 Å². The molecule has 5 atom stereocenters. The van der Waals surface area contributed by atoms with Crippen LogP contribution in [0.5, 0.6) is 0 Å². The summed E-state index contributed by atoms with van der Waals surface area (Å²) >= 11 is 0. The van der Waals surface area contributed by atoms with Gasteiger partial charge in [-0.2, -0.15) is 0 Å². The third-order valence-corrected chi connectivity index (χ3v) is 3.62. The summed E-state index contributed by atoms with van der Waals surface area (Å²) < 4.78 is 21.7. The van der Waals surface area contributed by atoms with Gasteiger partial charge in [0.1, 0.15) is 6.10 Å². The average molecular weight is 338 g/mol. The normalized spacial score (nSPS) is 29.8. The Morgan fingerprint density at radius 1 is 1.08 bits per heavy atom. The SMILES string of the molecule is CC(=O)OC1C(OCc2ccccc2)OC(C)C(O)C1OC(C)=O. The largest absolute Gasteiger partial charge is 0.455 e. The van der Waals surface area contributed by atoms with Crippen molar-refractivity contribution in [1.82, 2.24) is 0 Å². The van der Waals surface area contributed by atoms with Crippen molar-refractivity contribution in [2.24, 2.45) is 0 Å². The summed E-state index contributed by atoms with van der Waals surface area (Å²) in [5.41, 5.74) is 0.908.